The van der Waals surface area contributed by atoms with Gasteiger partial charge in [-0.2, -0.15) is 0 Å². The van der Waals surface area contributed by atoms with Gasteiger partial charge in [0.1, 0.15) is 12.1 Å². The predicted octanol–water partition coefficient (Wildman–Crippen LogP) is -0.557. The minimum Gasteiger partial charge on any atom is -0.479 e. The van der Waals surface area contributed by atoms with Crippen molar-refractivity contribution in [2.45, 2.75) is 6.10 Å². The fraction of sp³-hybridized carbons (Fsp3) is 0.167. The molecule has 0 saturated carbocycles. The molecule has 3 N–H and O–H groups in total. The molecular formula is C12H12N4O4. The summed E-state index contributed by atoms with van der Waals surface area (Å²) in [6.07, 6.45) is 4.63. The molecule has 2 rings (SSSR count). The molecule has 1 atom stereocenters. The molecule has 0 aliphatic carbocycles. The Bertz CT molecular complexity index is 594. The fourth-order valence-corrected chi connectivity index (χ4v) is 1.45. The molecule has 20 heavy (non-hydrogen) atoms. The molecule has 104 valence electrons. The maximum Gasteiger partial charge on any atom is 0.334 e. The van der Waals surface area contributed by atoms with Crippen LogP contribution in [0.1, 0.15) is 10.4 Å². The predicted molar refractivity (Wildman–Crippen MR) is 67.3 cm³/mol. The van der Waals surface area contributed by atoms with Crippen LogP contribution in [0.15, 0.2) is 37.1 Å². The van der Waals surface area contributed by atoms with E-state index in [1.165, 1.54) is 6.20 Å². The molecule has 0 saturated heterocycles. The van der Waals surface area contributed by atoms with Gasteiger partial charge >= 0.3 is 5.97 Å². The lowest BCUT2D eigenvalue weighted by molar-refractivity contribution is -0.146. The first-order chi connectivity index (χ1) is 9.58. The summed E-state index contributed by atoms with van der Waals surface area (Å²) in [5.74, 6) is -1.29. The summed E-state index contributed by atoms with van der Waals surface area (Å²) in [6.45, 7) is -0.364. The summed E-state index contributed by atoms with van der Waals surface area (Å²) in [5, 5.41) is 19.8. The zero-order chi connectivity index (χ0) is 14.5. The van der Waals surface area contributed by atoms with Crippen molar-refractivity contribution in [3.05, 3.63) is 42.6 Å². The molecule has 2 aromatic heterocycles. The number of pyridine rings is 1. The fourth-order valence-electron chi connectivity index (χ4n) is 1.45. The van der Waals surface area contributed by atoms with Crippen LogP contribution in [0.5, 0.6) is 0 Å². The van der Waals surface area contributed by atoms with E-state index in [-0.39, 0.29) is 12.1 Å². The van der Waals surface area contributed by atoms with Gasteiger partial charge in [-0.1, -0.05) is 0 Å². The van der Waals surface area contributed by atoms with Crippen molar-refractivity contribution in [2.75, 3.05) is 6.54 Å². The summed E-state index contributed by atoms with van der Waals surface area (Å²) >= 11 is 0. The molecule has 0 bridgehead atoms. The SMILES string of the molecule is O=C(NCC(O)C(=O)O)c1ccc(-n2ccnc2)nc1. The summed E-state index contributed by atoms with van der Waals surface area (Å²) in [6, 6.07) is 3.18. The number of aliphatic hydroxyl groups excluding tert-OH is 1. The summed E-state index contributed by atoms with van der Waals surface area (Å²) in [5.41, 5.74) is 0.270. The molecule has 0 spiro atoms. The Hall–Kier alpha value is -2.74. The first-order valence-corrected chi connectivity index (χ1v) is 5.71. The molecule has 0 fully saturated rings. The van der Waals surface area contributed by atoms with Gasteiger partial charge in [0, 0.05) is 18.6 Å². The van der Waals surface area contributed by atoms with Gasteiger partial charge in [0.05, 0.1) is 12.1 Å². The van der Waals surface area contributed by atoms with Crippen LogP contribution in [-0.4, -0.2) is 49.3 Å². The standard InChI is InChI=1S/C12H12N4O4/c17-9(12(19)20)6-15-11(18)8-1-2-10(14-5-8)16-4-3-13-7-16/h1-5,7,9,17H,6H2,(H,15,18)(H,19,20). The third-order valence-electron chi connectivity index (χ3n) is 2.52. The van der Waals surface area contributed by atoms with E-state index in [9.17, 15) is 9.59 Å². The number of carboxylic acids is 1. The van der Waals surface area contributed by atoms with Crippen molar-refractivity contribution < 1.29 is 19.8 Å². The van der Waals surface area contributed by atoms with Crippen molar-refractivity contribution >= 4 is 11.9 Å². The smallest absolute Gasteiger partial charge is 0.334 e. The lowest BCUT2D eigenvalue weighted by Gasteiger charge is -2.08. The Balaban J connectivity index is 1.99. The van der Waals surface area contributed by atoms with E-state index in [1.54, 1.807) is 35.4 Å². The van der Waals surface area contributed by atoms with E-state index < -0.39 is 18.0 Å². The summed E-state index contributed by atoms with van der Waals surface area (Å²) in [7, 11) is 0. The average molecular weight is 276 g/mol. The second-order valence-corrected chi connectivity index (χ2v) is 3.94. The Morgan fingerprint density at radius 2 is 2.20 bits per heavy atom. The lowest BCUT2D eigenvalue weighted by Crippen LogP contribution is -2.36. The highest BCUT2D eigenvalue weighted by atomic mass is 16.4. The van der Waals surface area contributed by atoms with Crippen LogP contribution in [-0.2, 0) is 4.79 Å². The average Bonchev–Trinajstić information content (AvgIpc) is 2.98. The summed E-state index contributed by atoms with van der Waals surface area (Å²) in [4.78, 5) is 30.1. The number of aliphatic hydroxyl groups is 1. The Morgan fingerprint density at radius 3 is 2.75 bits per heavy atom. The van der Waals surface area contributed by atoms with Crippen molar-refractivity contribution in [1.82, 2.24) is 19.9 Å². The number of amides is 1. The monoisotopic (exact) mass is 276 g/mol. The number of carboxylic acid groups (broad SMARTS) is 1. The van der Waals surface area contributed by atoms with E-state index >= 15 is 0 Å². The number of hydrogen-bond donors (Lipinski definition) is 3. The van der Waals surface area contributed by atoms with Crippen LogP contribution in [0.4, 0.5) is 0 Å². The zero-order valence-corrected chi connectivity index (χ0v) is 10.3. The van der Waals surface area contributed by atoms with Crippen molar-refractivity contribution in [1.29, 1.82) is 0 Å². The Kier molecular flexibility index (Phi) is 4.06. The number of aromatic nitrogens is 3. The number of carbonyl (C=O) groups is 2. The normalized spacial score (nSPS) is 11.8. The highest BCUT2D eigenvalue weighted by Crippen LogP contribution is 2.05. The van der Waals surface area contributed by atoms with Crippen LogP contribution in [0.25, 0.3) is 5.82 Å². The number of carbonyl (C=O) groups excluding carboxylic acids is 1. The molecule has 0 aromatic carbocycles. The third-order valence-corrected chi connectivity index (χ3v) is 2.52. The van der Waals surface area contributed by atoms with Gasteiger partial charge in [-0.15, -0.1) is 0 Å². The van der Waals surface area contributed by atoms with Crippen molar-refractivity contribution in [2.24, 2.45) is 0 Å². The molecule has 2 heterocycles. The highest BCUT2D eigenvalue weighted by molar-refractivity contribution is 5.94. The second-order valence-electron chi connectivity index (χ2n) is 3.94. The maximum absolute atomic E-state index is 11.7. The first kappa shape index (κ1) is 13.7. The van der Waals surface area contributed by atoms with Crippen LogP contribution in [0.2, 0.25) is 0 Å². The van der Waals surface area contributed by atoms with E-state index in [1.807, 2.05) is 0 Å². The topological polar surface area (TPSA) is 117 Å². The van der Waals surface area contributed by atoms with Gasteiger partial charge in [0.25, 0.3) is 5.91 Å². The Labute approximate surface area is 113 Å². The van der Waals surface area contributed by atoms with E-state index in [2.05, 4.69) is 15.3 Å². The third kappa shape index (κ3) is 3.18. The molecule has 8 heteroatoms. The number of rotatable bonds is 5. The molecular weight excluding hydrogens is 264 g/mol. The molecule has 8 nitrogen and oxygen atoms in total. The van der Waals surface area contributed by atoms with Gasteiger partial charge in [-0.25, -0.2) is 14.8 Å². The largest absolute Gasteiger partial charge is 0.479 e. The van der Waals surface area contributed by atoms with Crippen molar-refractivity contribution in [3.63, 3.8) is 0 Å². The van der Waals surface area contributed by atoms with Gasteiger partial charge < -0.3 is 15.5 Å². The van der Waals surface area contributed by atoms with Crippen LogP contribution < -0.4 is 5.32 Å². The first-order valence-electron chi connectivity index (χ1n) is 5.71. The number of nitrogens with one attached hydrogen (secondary N) is 1. The molecule has 1 unspecified atom stereocenters. The van der Waals surface area contributed by atoms with Crippen molar-refractivity contribution in [3.8, 4) is 5.82 Å². The van der Waals surface area contributed by atoms with Crippen LogP contribution >= 0.6 is 0 Å². The molecule has 2 aromatic rings. The van der Waals surface area contributed by atoms with Gasteiger partial charge in [-0.3, -0.25) is 9.36 Å². The molecule has 1 amide bonds. The highest BCUT2D eigenvalue weighted by Gasteiger charge is 2.15. The zero-order valence-electron chi connectivity index (χ0n) is 10.3. The second kappa shape index (κ2) is 5.93. The van der Waals surface area contributed by atoms with Gasteiger partial charge in [-0.05, 0) is 12.1 Å². The van der Waals surface area contributed by atoms with Gasteiger partial charge in [0.2, 0.25) is 0 Å². The van der Waals surface area contributed by atoms with Crippen LogP contribution in [0, 0.1) is 0 Å². The number of hydrogen-bond acceptors (Lipinski definition) is 5. The van der Waals surface area contributed by atoms with Crippen LogP contribution in [0.3, 0.4) is 0 Å². The lowest BCUT2D eigenvalue weighted by atomic mass is 10.2. The molecule has 0 aliphatic rings. The van der Waals surface area contributed by atoms with E-state index in [0.29, 0.717) is 5.82 Å². The molecule has 0 aliphatic heterocycles. The van der Waals surface area contributed by atoms with E-state index in [0.717, 1.165) is 0 Å². The number of imidazole rings is 1. The van der Waals surface area contributed by atoms with Gasteiger partial charge in [0.15, 0.2) is 6.10 Å². The summed E-state index contributed by atoms with van der Waals surface area (Å²) < 4.78 is 1.68. The Morgan fingerprint density at radius 1 is 1.40 bits per heavy atom. The number of nitrogens with zero attached hydrogens (tertiary/aromatic N) is 3. The minimum atomic E-state index is -1.63. The molecule has 0 radical (unpaired) electrons. The van der Waals surface area contributed by atoms with E-state index in [4.69, 9.17) is 10.2 Å². The quantitative estimate of drug-likeness (QED) is 0.674. The minimum absolute atomic E-state index is 0.270. The maximum atomic E-state index is 11.7. The number of aliphatic carboxylic acids is 1.